The lowest BCUT2D eigenvalue weighted by Crippen LogP contribution is -2.40. The Morgan fingerprint density at radius 2 is 2.05 bits per heavy atom. The summed E-state index contributed by atoms with van der Waals surface area (Å²) >= 11 is 3.28. The number of carbonyl (C=O) groups excluding carboxylic acids is 1. The largest absolute Gasteiger partial charge is 0.406 e. The van der Waals surface area contributed by atoms with Gasteiger partial charge >= 0.3 is 6.18 Å². The monoisotopic (exact) mass is 335 g/mol. The van der Waals surface area contributed by atoms with Crippen LogP contribution in [0.3, 0.4) is 0 Å². The van der Waals surface area contributed by atoms with Crippen LogP contribution in [0, 0.1) is 6.92 Å². The smallest absolute Gasteiger partial charge is 0.327 e. The summed E-state index contributed by atoms with van der Waals surface area (Å²) in [5.74, 6) is -0.543. The number of rotatable bonds is 3. The van der Waals surface area contributed by atoms with Gasteiger partial charge in [-0.3, -0.25) is 4.79 Å². The van der Waals surface area contributed by atoms with Gasteiger partial charge < -0.3 is 4.90 Å². The molecule has 1 aliphatic carbocycles. The Morgan fingerprint density at radius 1 is 1.42 bits per heavy atom. The summed E-state index contributed by atoms with van der Waals surface area (Å²) in [5.41, 5.74) is 0.992. The minimum atomic E-state index is -4.36. The van der Waals surface area contributed by atoms with Crippen molar-refractivity contribution in [1.29, 1.82) is 0 Å². The second kappa shape index (κ2) is 5.15. The first-order valence-electron chi connectivity index (χ1n) is 5.92. The number of benzene rings is 1. The van der Waals surface area contributed by atoms with E-state index in [2.05, 4.69) is 15.9 Å². The number of hydrogen-bond acceptors (Lipinski definition) is 1. The molecule has 1 amide bonds. The van der Waals surface area contributed by atoms with Crippen LogP contribution in [0.25, 0.3) is 0 Å². The number of amides is 1. The van der Waals surface area contributed by atoms with Crippen molar-refractivity contribution < 1.29 is 18.0 Å². The second-order valence-electron chi connectivity index (χ2n) is 4.69. The molecule has 0 atom stereocenters. The predicted molar refractivity (Wildman–Crippen MR) is 69.0 cm³/mol. The molecular formula is C13H13BrF3NO. The number of hydrogen-bond donors (Lipinski definition) is 0. The molecule has 1 saturated carbocycles. The molecule has 2 nitrogen and oxygen atoms in total. The maximum Gasteiger partial charge on any atom is 0.406 e. The van der Waals surface area contributed by atoms with Crippen LogP contribution in [-0.2, 0) is 0 Å². The zero-order valence-electron chi connectivity index (χ0n) is 10.3. The minimum absolute atomic E-state index is 0.271. The zero-order valence-corrected chi connectivity index (χ0v) is 11.9. The third-order valence-corrected chi connectivity index (χ3v) is 3.96. The molecule has 0 spiro atoms. The van der Waals surface area contributed by atoms with E-state index in [1.807, 2.05) is 0 Å². The molecule has 104 valence electrons. The van der Waals surface area contributed by atoms with Crippen molar-refractivity contribution in [3.63, 3.8) is 0 Å². The summed E-state index contributed by atoms with van der Waals surface area (Å²) in [5, 5.41) is 0. The molecule has 0 aliphatic heterocycles. The molecular weight excluding hydrogens is 323 g/mol. The lowest BCUT2D eigenvalue weighted by Gasteiger charge is -2.24. The SMILES string of the molecule is Cc1c(Br)cccc1C(=O)N(CC(F)(F)F)C1CC1. The molecule has 0 saturated heterocycles. The first-order chi connectivity index (χ1) is 8.79. The van der Waals surface area contributed by atoms with E-state index in [4.69, 9.17) is 0 Å². The van der Waals surface area contributed by atoms with Crippen LogP contribution < -0.4 is 0 Å². The second-order valence-corrected chi connectivity index (χ2v) is 5.55. The van der Waals surface area contributed by atoms with Gasteiger partial charge in [0.2, 0.25) is 0 Å². The Hall–Kier alpha value is -1.04. The van der Waals surface area contributed by atoms with E-state index in [1.165, 1.54) is 0 Å². The maximum atomic E-state index is 12.5. The highest BCUT2D eigenvalue weighted by Gasteiger charge is 2.41. The van der Waals surface area contributed by atoms with Crippen LogP contribution in [0.4, 0.5) is 13.2 Å². The molecule has 2 rings (SSSR count). The fraction of sp³-hybridized carbons (Fsp3) is 0.462. The highest BCUT2D eigenvalue weighted by atomic mass is 79.9. The van der Waals surface area contributed by atoms with Crippen LogP contribution >= 0.6 is 15.9 Å². The molecule has 0 heterocycles. The summed E-state index contributed by atoms with van der Waals surface area (Å²) in [7, 11) is 0. The zero-order chi connectivity index (χ0) is 14.2. The third kappa shape index (κ3) is 3.49. The Kier molecular flexibility index (Phi) is 3.90. The van der Waals surface area contributed by atoms with Crippen molar-refractivity contribution >= 4 is 21.8 Å². The van der Waals surface area contributed by atoms with Crippen LogP contribution in [0.1, 0.15) is 28.8 Å². The van der Waals surface area contributed by atoms with Gasteiger partial charge in [-0.05, 0) is 37.5 Å². The van der Waals surface area contributed by atoms with Crippen molar-refractivity contribution in [1.82, 2.24) is 4.90 Å². The highest BCUT2D eigenvalue weighted by molar-refractivity contribution is 9.10. The molecule has 0 aromatic heterocycles. The van der Waals surface area contributed by atoms with Gasteiger partial charge in [0.15, 0.2) is 0 Å². The lowest BCUT2D eigenvalue weighted by atomic mass is 10.1. The van der Waals surface area contributed by atoms with Crippen molar-refractivity contribution in [2.45, 2.75) is 32.0 Å². The Labute approximate surface area is 117 Å². The number of alkyl halides is 3. The van der Waals surface area contributed by atoms with Crippen molar-refractivity contribution in [3.05, 3.63) is 33.8 Å². The van der Waals surface area contributed by atoms with Gasteiger partial charge in [0.25, 0.3) is 5.91 Å². The molecule has 19 heavy (non-hydrogen) atoms. The van der Waals surface area contributed by atoms with Crippen LogP contribution in [-0.4, -0.2) is 29.6 Å². The summed E-state index contributed by atoms with van der Waals surface area (Å²) in [6.45, 7) is 0.540. The highest BCUT2D eigenvalue weighted by Crippen LogP contribution is 2.32. The fourth-order valence-corrected chi connectivity index (χ4v) is 2.31. The molecule has 0 N–H and O–H groups in total. The van der Waals surface area contributed by atoms with E-state index >= 15 is 0 Å². The first-order valence-corrected chi connectivity index (χ1v) is 6.72. The van der Waals surface area contributed by atoms with Gasteiger partial charge in [-0.1, -0.05) is 22.0 Å². The quantitative estimate of drug-likeness (QED) is 0.819. The van der Waals surface area contributed by atoms with Gasteiger partial charge in [-0.25, -0.2) is 0 Å². The van der Waals surface area contributed by atoms with Gasteiger partial charge in [-0.15, -0.1) is 0 Å². The van der Waals surface area contributed by atoms with E-state index in [1.54, 1.807) is 25.1 Å². The van der Waals surface area contributed by atoms with Crippen LogP contribution in [0.15, 0.2) is 22.7 Å². The summed E-state index contributed by atoms with van der Waals surface area (Å²) < 4.78 is 38.4. The first kappa shape index (κ1) is 14.4. The van der Waals surface area contributed by atoms with E-state index in [0.29, 0.717) is 24.0 Å². The van der Waals surface area contributed by atoms with Gasteiger partial charge in [0.05, 0.1) is 0 Å². The summed E-state index contributed by atoms with van der Waals surface area (Å²) in [6.07, 6.45) is -3.07. The van der Waals surface area contributed by atoms with E-state index in [9.17, 15) is 18.0 Å². The Bertz CT molecular complexity index is 497. The third-order valence-electron chi connectivity index (χ3n) is 3.10. The topological polar surface area (TPSA) is 20.3 Å². The summed E-state index contributed by atoms with van der Waals surface area (Å²) in [4.78, 5) is 13.2. The lowest BCUT2D eigenvalue weighted by molar-refractivity contribution is -0.141. The molecule has 1 aromatic rings. The molecule has 1 aromatic carbocycles. The Morgan fingerprint density at radius 3 is 2.58 bits per heavy atom. The van der Waals surface area contributed by atoms with Crippen molar-refractivity contribution in [2.75, 3.05) is 6.54 Å². The molecule has 0 bridgehead atoms. The normalized spacial score (nSPS) is 15.4. The molecule has 0 unspecified atom stereocenters. The van der Waals surface area contributed by atoms with Gasteiger partial charge in [0.1, 0.15) is 6.54 Å². The number of halogens is 4. The average Bonchev–Trinajstić information content (AvgIpc) is 3.12. The number of carbonyl (C=O) groups is 1. The van der Waals surface area contributed by atoms with Gasteiger partial charge in [-0.2, -0.15) is 13.2 Å². The van der Waals surface area contributed by atoms with E-state index in [-0.39, 0.29) is 6.04 Å². The van der Waals surface area contributed by atoms with Crippen molar-refractivity contribution in [2.24, 2.45) is 0 Å². The van der Waals surface area contributed by atoms with E-state index in [0.717, 1.165) is 9.37 Å². The maximum absolute atomic E-state index is 12.5. The predicted octanol–water partition coefficient (Wildman–Crippen LogP) is 3.92. The molecule has 1 aliphatic rings. The summed E-state index contributed by atoms with van der Waals surface area (Å²) in [6, 6.07) is 4.71. The number of nitrogens with zero attached hydrogens (tertiary/aromatic N) is 1. The average molecular weight is 336 g/mol. The van der Waals surface area contributed by atoms with Crippen LogP contribution in [0.5, 0.6) is 0 Å². The minimum Gasteiger partial charge on any atom is -0.327 e. The van der Waals surface area contributed by atoms with Crippen molar-refractivity contribution in [3.8, 4) is 0 Å². The van der Waals surface area contributed by atoms with Crippen LogP contribution in [0.2, 0.25) is 0 Å². The van der Waals surface area contributed by atoms with Gasteiger partial charge in [0, 0.05) is 16.1 Å². The molecule has 0 radical (unpaired) electrons. The fourth-order valence-electron chi connectivity index (χ4n) is 1.94. The molecule has 6 heteroatoms. The van der Waals surface area contributed by atoms with E-state index < -0.39 is 18.6 Å². The standard InChI is InChI=1S/C13H13BrF3NO/c1-8-10(3-2-4-11(8)14)12(19)18(9-5-6-9)7-13(15,16)17/h2-4,9H,5-7H2,1H3. The Balaban J connectivity index is 2.27. The molecule has 1 fully saturated rings.